The normalized spacial score (nSPS) is 22.9. The van der Waals surface area contributed by atoms with E-state index in [0.717, 1.165) is 35.5 Å². The molecule has 0 aromatic heterocycles. The van der Waals surface area contributed by atoms with Crippen LogP contribution < -0.4 is 5.73 Å². The van der Waals surface area contributed by atoms with Gasteiger partial charge in [-0.15, -0.1) is 24.2 Å². The lowest BCUT2D eigenvalue weighted by molar-refractivity contribution is 0.207. The van der Waals surface area contributed by atoms with E-state index < -0.39 is 11.3 Å². The van der Waals surface area contributed by atoms with Crippen molar-refractivity contribution < 1.29 is 0 Å². The molecule has 1 aromatic rings. The van der Waals surface area contributed by atoms with Crippen LogP contribution in [-0.4, -0.2) is 30.8 Å². The van der Waals surface area contributed by atoms with Gasteiger partial charge < -0.3 is 5.73 Å². The van der Waals surface area contributed by atoms with E-state index in [0.29, 0.717) is 12.1 Å². The zero-order valence-corrected chi connectivity index (χ0v) is 18.2. The van der Waals surface area contributed by atoms with Gasteiger partial charge in [0.1, 0.15) is 6.07 Å². The molecule has 2 N–H and O–H groups in total. The number of thioether (sulfide) groups is 1. The molecule has 0 amide bonds. The lowest BCUT2D eigenvalue weighted by Crippen LogP contribution is -2.48. The fraction of sp³-hybridized carbons (Fsp3) is 0.409. The van der Waals surface area contributed by atoms with Crippen LogP contribution in [-0.2, 0) is 0 Å². The molecule has 5 nitrogen and oxygen atoms in total. The van der Waals surface area contributed by atoms with Crippen molar-refractivity contribution in [2.45, 2.75) is 24.2 Å². The van der Waals surface area contributed by atoms with Gasteiger partial charge in [0.15, 0.2) is 5.41 Å². The van der Waals surface area contributed by atoms with E-state index in [1.54, 1.807) is 11.8 Å². The largest absolute Gasteiger partial charge is 0.399 e. The van der Waals surface area contributed by atoms with Crippen molar-refractivity contribution in [3.8, 4) is 18.2 Å². The average molecular weight is 426 g/mol. The van der Waals surface area contributed by atoms with Gasteiger partial charge in [0.05, 0.1) is 23.4 Å². The molecule has 7 heteroatoms. The van der Waals surface area contributed by atoms with Gasteiger partial charge >= 0.3 is 0 Å². The van der Waals surface area contributed by atoms with Gasteiger partial charge in [-0.05, 0) is 42.5 Å². The van der Waals surface area contributed by atoms with E-state index in [-0.39, 0.29) is 24.0 Å². The Hall–Kier alpha value is -2.43. The first-order valence-electron chi connectivity index (χ1n) is 9.35. The quantitative estimate of drug-likeness (QED) is 0.732. The Balaban J connectivity index is 0.00000300. The number of allylic oxidation sites excluding steroid dienone is 2. The van der Waals surface area contributed by atoms with Gasteiger partial charge in [-0.3, -0.25) is 4.90 Å². The van der Waals surface area contributed by atoms with Crippen molar-refractivity contribution in [3.63, 3.8) is 0 Å². The second-order valence-corrected chi connectivity index (χ2v) is 8.09. The second-order valence-electron chi connectivity index (χ2n) is 7.21. The molecule has 0 fully saturated rings. The van der Waals surface area contributed by atoms with Crippen LogP contribution in [0.25, 0.3) is 0 Å². The van der Waals surface area contributed by atoms with Gasteiger partial charge in [-0.1, -0.05) is 25.1 Å². The zero-order chi connectivity index (χ0) is 20.3. The summed E-state index contributed by atoms with van der Waals surface area (Å²) in [5.41, 5.74) is 6.98. The Bertz CT molecular complexity index is 949. The van der Waals surface area contributed by atoms with Crippen molar-refractivity contribution in [1.82, 2.24) is 4.90 Å². The van der Waals surface area contributed by atoms with Gasteiger partial charge in [-0.2, -0.15) is 15.8 Å². The molecular weight excluding hydrogens is 402 g/mol. The molecule has 0 bridgehead atoms. The van der Waals surface area contributed by atoms with Crippen molar-refractivity contribution in [2.24, 2.45) is 17.1 Å². The van der Waals surface area contributed by atoms with E-state index in [1.165, 1.54) is 0 Å². The maximum absolute atomic E-state index is 10.1. The summed E-state index contributed by atoms with van der Waals surface area (Å²) in [5.74, 6) is -0.545. The van der Waals surface area contributed by atoms with Crippen LogP contribution in [0.4, 0.5) is 0 Å². The van der Waals surface area contributed by atoms with Crippen LogP contribution in [0.3, 0.4) is 0 Å². The van der Waals surface area contributed by atoms with E-state index in [9.17, 15) is 15.8 Å². The highest BCUT2D eigenvalue weighted by Crippen LogP contribution is 2.54. The number of rotatable bonds is 4. The molecule has 29 heavy (non-hydrogen) atoms. The van der Waals surface area contributed by atoms with Crippen LogP contribution in [0.5, 0.6) is 0 Å². The zero-order valence-electron chi connectivity index (χ0n) is 16.6. The Morgan fingerprint density at radius 1 is 1.28 bits per heavy atom. The van der Waals surface area contributed by atoms with E-state index in [2.05, 4.69) is 36.1 Å². The number of nitriles is 3. The molecule has 1 heterocycles. The Morgan fingerprint density at radius 2 is 2.00 bits per heavy atom. The molecule has 0 saturated carbocycles. The van der Waals surface area contributed by atoms with Gasteiger partial charge in [0.25, 0.3) is 0 Å². The van der Waals surface area contributed by atoms with E-state index in [1.807, 2.05) is 30.5 Å². The summed E-state index contributed by atoms with van der Waals surface area (Å²) in [5, 5.41) is 30.0. The number of nitrogens with two attached hydrogens (primary N) is 1. The topological polar surface area (TPSA) is 101 Å². The molecule has 2 aliphatic rings. The van der Waals surface area contributed by atoms with Crippen LogP contribution in [0.2, 0.25) is 0 Å². The van der Waals surface area contributed by atoms with Gasteiger partial charge in [0.2, 0.25) is 0 Å². The second kappa shape index (κ2) is 9.38. The highest BCUT2D eigenvalue weighted by atomic mass is 35.5. The molecule has 0 spiro atoms. The third kappa shape index (κ3) is 3.75. The molecule has 3 rings (SSSR count). The van der Waals surface area contributed by atoms with Gasteiger partial charge in [-0.25, -0.2) is 0 Å². The minimum atomic E-state index is -1.56. The van der Waals surface area contributed by atoms with E-state index >= 15 is 0 Å². The summed E-state index contributed by atoms with van der Waals surface area (Å²) in [6, 6.07) is 14.6. The molecule has 2 atom stereocenters. The Labute approximate surface area is 182 Å². The van der Waals surface area contributed by atoms with Crippen molar-refractivity contribution in [3.05, 3.63) is 52.7 Å². The van der Waals surface area contributed by atoms with Crippen molar-refractivity contribution in [2.75, 3.05) is 25.9 Å². The number of nitrogens with zero attached hydrogens (tertiary/aromatic N) is 4. The van der Waals surface area contributed by atoms with Crippen molar-refractivity contribution in [1.29, 1.82) is 15.8 Å². The van der Waals surface area contributed by atoms with Crippen LogP contribution >= 0.6 is 24.2 Å². The SMILES string of the molecule is CCCN1CC=C2C(C#N)=C(N)C(C#N)(C#N)C(c3cccc(SC)c3)C2C1.Cl. The smallest absolute Gasteiger partial charge is 0.191 e. The monoisotopic (exact) mass is 425 g/mol. The molecule has 0 radical (unpaired) electrons. The maximum atomic E-state index is 10.1. The average Bonchev–Trinajstić information content (AvgIpc) is 2.73. The first-order valence-corrected chi connectivity index (χ1v) is 10.6. The molecule has 0 saturated heterocycles. The molecule has 2 unspecified atom stereocenters. The number of benzene rings is 1. The first kappa shape index (κ1) is 22.9. The summed E-state index contributed by atoms with van der Waals surface area (Å²) < 4.78 is 0. The van der Waals surface area contributed by atoms with Crippen LogP contribution in [0, 0.1) is 45.3 Å². The molecule has 1 aromatic carbocycles. The Morgan fingerprint density at radius 3 is 2.59 bits per heavy atom. The third-order valence-electron chi connectivity index (χ3n) is 5.73. The van der Waals surface area contributed by atoms with Crippen LogP contribution in [0.15, 0.2) is 52.1 Å². The number of hydrogen-bond acceptors (Lipinski definition) is 6. The molecule has 150 valence electrons. The lowest BCUT2D eigenvalue weighted by Gasteiger charge is -2.45. The summed E-state index contributed by atoms with van der Waals surface area (Å²) in [6.45, 7) is 4.53. The standard InChI is InChI=1S/C22H23N5S.ClH/c1-3-8-27-9-7-17-18(11-23)21(26)22(13-24,14-25)20(19(17)12-27)15-5-4-6-16(10-15)28-2;/h4-7,10,19-20H,3,8-9,12,26H2,1-2H3;1H. The fourth-order valence-electron chi connectivity index (χ4n) is 4.45. The highest BCUT2D eigenvalue weighted by Gasteiger charge is 2.54. The minimum Gasteiger partial charge on any atom is -0.399 e. The highest BCUT2D eigenvalue weighted by molar-refractivity contribution is 7.98. The van der Waals surface area contributed by atoms with E-state index in [4.69, 9.17) is 5.73 Å². The number of halogens is 1. The molecule has 1 aliphatic heterocycles. The predicted molar refractivity (Wildman–Crippen MR) is 117 cm³/mol. The fourth-order valence-corrected chi connectivity index (χ4v) is 4.92. The Kier molecular flexibility index (Phi) is 7.39. The van der Waals surface area contributed by atoms with Crippen molar-refractivity contribution >= 4 is 24.2 Å². The minimum absolute atomic E-state index is 0. The number of fused-ring (bicyclic) bond motifs is 1. The van der Waals surface area contributed by atoms with Crippen LogP contribution in [0.1, 0.15) is 24.8 Å². The predicted octanol–water partition coefficient (Wildman–Crippen LogP) is 3.97. The first-order chi connectivity index (χ1) is 13.6. The molecule has 1 aliphatic carbocycles. The lowest BCUT2D eigenvalue weighted by atomic mass is 9.58. The third-order valence-corrected chi connectivity index (χ3v) is 6.46. The summed E-state index contributed by atoms with van der Waals surface area (Å²) in [7, 11) is 0. The van der Waals surface area contributed by atoms with Gasteiger partial charge in [0, 0.05) is 29.8 Å². The number of hydrogen-bond donors (Lipinski definition) is 1. The molecular formula is C22H24ClN5S. The maximum Gasteiger partial charge on any atom is 0.191 e. The summed E-state index contributed by atoms with van der Waals surface area (Å²) >= 11 is 1.62. The summed E-state index contributed by atoms with van der Waals surface area (Å²) in [4.78, 5) is 3.39. The summed E-state index contributed by atoms with van der Waals surface area (Å²) in [6.07, 6.45) is 5.07.